The summed E-state index contributed by atoms with van der Waals surface area (Å²) in [4.78, 5) is 11.6. The molecule has 0 aliphatic heterocycles. The summed E-state index contributed by atoms with van der Waals surface area (Å²) in [6.45, 7) is -0.840. The molecule has 114 valence electrons. The van der Waals surface area contributed by atoms with E-state index in [0.29, 0.717) is 0 Å². The van der Waals surface area contributed by atoms with Gasteiger partial charge in [-0.1, -0.05) is 0 Å². The standard InChI is InChI=1S/C10H22N2O7/c1-12(2,3-4-13)11-10(19)9(18)8(17)7(16)6(15)5-14/h6-9,13-18H,3-5H2,1-2H3/p+1/t6-,7-,8+,9-/m1/s1. The predicted octanol–water partition coefficient (Wildman–Crippen LogP) is -4.48. The van der Waals surface area contributed by atoms with Gasteiger partial charge in [0, 0.05) is 0 Å². The second kappa shape index (κ2) is 7.70. The Hall–Kier alpha value is -0.810. The number of nitrogens with zero attached hydrogens (tertiary/aromatic N) is 1. The zero-order chi connectivity index (χ0) is 15.2. The Kier molecular flexibility index (Phi) is 7.37. The molecule has 0 saturated carbocycles. The second-order valence-electron chi connectivity index (χ2n) is 4.78. The van der Waals surface area contributed by atoms with E-state index in [9.17, 15) is 20.1 Å². The molecule has 0 aromatic rings. The second-order valence-corrected chi connectivity index (χ2v) is 4.78. The number of hydrogen-bond acceptors (Lipinski definition) is 7. The highest BCUT2D eigenvalue weighted by molar-refractivity contribution is 5.80. The highest BCUT2D eigenvalue weighted by Gasteiger charge is 2.36. The van der Waals surface area contributed by atoms with Gasteiger partial charge in [0.1, 0.15) is 24.9 Å². The number of nitrogens with one attached hydrogen (secondary N) is 1. The molecule has 0 rings (SSSR count). The summed E-state index contributed by atoms with van der Waals surface area (Å²) in [7, 11) is 3.10. The van der Waals surface area contributed by atoms with Crippen molar-refractivity contribution in [2.75, 3.05) is 33.9 Å². The van der Waals surface area contributed by atoms with Crippen molar-refractivity contribution in [1.82, 2.24) is 5.43 Å². The number of likely N-dealkylation sites (N-methyl/N-ethyl adjacent to an activating group) is 1. The average molecular weight is 283 g/mol. The predicted molar refractivity (Wildman–Crippen MR) is 63.3 cm³/mol. The van der Waals surface area contributed by atoms with Gasteiger partial charge < -0.3 is 30.6 Å². The lowest BCUT2D eigenvalue weighted by atomic mass is 10.0. The van der Waals surface area contributed by atoms with E-state index in [2.05, 4.69) is 5.43 Å². The number of carbonyl (C=O) groups is 1. The molecule has 9 heteroatoms. The molecule has 0 bridgehead atoms. The van der Waals surface area contributed by atoms with Crippen LogP contribution in [0.4, 0.5) is 0 Å². The highest BCUT2D eigenvalue weighted by Crippen LogP contribution is 2.06. The first-order chi connectivity index (χ1) is 8.66. The lowest BCUT2D eigenvalue weighted by Crippen LogP contribution is -2.61. The molecule has 0 unspecified atom stereocenters. The first kappa shape index (κ1) is 18.2. The molecule has 0 aliphatic carbocycles. The maximum absolute atomic E-state index is 11.6. The first-order valence-corrected chi connectivity index (χ1v) is 5.75. The fourth-order valence-corrected chi connectivity index (χ4v) is 1.35. The summed E-state index contributed by atoms with van der Waals surface area (Å²) in [5, 5.41) is 54.9. The van der Waals surface area contributed by atoms with Gasteiger partial charge in [0.2, 0.25) is 0 Å². The van der Waals surface area contributed by atoms with E-state index in [4.69, 9.17) is 15.3 Å². The molecule has 1 amide bonds. The van der Waals surface area contributed by atoms with Crippen LogP contribution in [0.2, 0.25) is 0 Å². The van der Waals surface area contributed by atoms with Crippen LogP contribution in [-0.4, -0.2) is 99.4 Å². The average Bonchev–Trinajstić information content (AvgIpc) is 2.34. The maximum atomic E-state index is 11.6. The molecule has 19 heavy (non-hydrogen) atoms. The van der Waals surface area contributed by atoms with Crippen molar-refractivity contribution in [3.63, 3.8) is 0 Å². The molecule has 0 aromatic carbocycles. The van der Waals surface area contributed by atoms with E-state index in [1.165, 1.54) is 0 Å². The minimum Gasteiger partial charge on any atom is -0.394 e. The minimum atomic E-state index is -1.98. The molecular weight excluding hydrogens is 260 g/mol. The van der Waals surface area contributed by atoms with Crippen molar-refractivity contribution in [3.8, 4) is 0 Å². The third-order valence-corrected chi connectivity index (χ3v) is 2.60. The van der Waals surface area contributed by atoms with Crippen molar-refractivity contribution < 1.29 is 40.0 Å². The Morgan fingerprint density at radius 1 is 1.11 bits per heavy atom. The van der Waals surface area contributed by atoms with Crippen molar-refractivity contribution in [1.29, 1.82) is 0 Å². The van der Waals surface area contributed by atoms with Gasteiger partial charge >= 0.3 is 0 Å². The monoisotopic (exact) mass is 283 g/mol. The summed E-state index contributed by atoms with van der Waals surface area (Å²) < 4.78 is -0.141. The van der Waals surface area contributed by atoms with Gasteiger partial charge in [-0.25, -0.2) is 4.59 Å². The van der Waals surface area contributed by atoms with E-state index >= 15 is 0 Å². The molecule has 0 aliphatic rings. The summed E-state index contributed by atoms with van der Waals surface area (Å²) >= 11 is 0. The fraction of sp³-hybridized carbons (Fsp3) is 0.900. The largest absolute Gasteiger partial charge is 0.394 e. The van der Waals surface area contributed by atoms with Crippen LogP contribution in [0.25, 0.3) is 0 Å². The Balaban J connectivity index is 4.56. The van der Waals surface area contributed by atoms with E-state index < -0.39 is 36.9 Å². The summed E-state index contributed by atoms with van der Waals surface area (Å²) in [5.41, 5.74) is 2.32. The van der Waals surface area contributed by atoms with Crippen molar-refractivity contribution >= 4 is 5.91 Å². The maximum Gasteiger partial charge on any atom is 0.296 e. The van der Waals surface area contributed by atoms with Gasteiger partial charge in [0.05, 0.1) is 27.3 Å². The van der Waals surface area contributed by atoms with Gasteiger partial charge in [0.25, 0.3) is 5.91 Å². The molecule has 0 saturated heterocycles. The Morgan fingerprint density at radius 3 is 2.05 bits per heavy atom. The fourth-order valence-electron chi connectivity index (χ4n) is 1.35. The molecule has 0 fully saturated rings. The first-order valence-electron chi connectivity index (χ1n) is 5.75. The van der Waals surface area contributed by atoms with Crippen molar-refractivity contribution in [3.05, 3.63) is 0 Å². The van der Waals surface area contributed by atoms with Crippen LogP contribution in [-0.2, 0) is 4.79 Å². The van der Waals surface area contributed by atoms with Gasteiger partial charge in [-0.15, -0.1) is 0 Å². The van der Waals surface area contributed by atoms with Gasteiger partial charge in [0.15, 0.2) is 6.10 Å². The zero-order valence-electron chi connectivity index (χ0n) is 11.0. The topological polar surface area (TPSA) is 150 Å². The van der Waals surface area contributed by atoms with E-state index in [1.807, 2.05) is 0 Å². The third-order valence-electron chi connectivity index (χ3n) is 2.60. The number of carbonyl (C=O) groups excluding carboxylic acids is 1. The van der Waals surface area contributed by atoms with Gasteiger partial charge in [-0.3, -0.25) is 4.79 Å². The number of hydrogen-bond donors (Lipinski definition) is 7. The van der Waals surface area contributed by atoms with Gasteiger partial charge in [-0.2, -0.15) is 5.43 Å². The van der Waals surface area contributed by atoms with Crippen LogP contribution < -0.4 is 5.43 Å². The Bertz CT molecular complexity index is 287. The van der Waals surface area contributed by atoms with Crippen LogP contribution in [0.15, 0.2) is 0 Å². The molecule has 4 atom stereocenters. The normalized spacial score (nSPS) is 18.5. The molecule has 9 nitrogen and oxygen atoms in total. The van der Waals surface area contributed by atoms with Crippen LogP contribution >= 0.6 is 0 Å². The number of rotatable bonds is 8. The molecule has 0 spiro atoms. The lowest BCUT2D eigenvalue weighted by Gasteiger charge is -2.31. The quantitative estimate of drug-likeness (QED) is 0.175. The Morgan fingerprint density at radius 2 is 1.63 bits per heavy atom. The summed E-state index contributed by atoms with van der Waals surface area (Å²) in [5.74, 6) is -0.977. The SMILES string of the molecule is C[N+](C)(CCO)NC(=O)[C@H](O)[C@@H](O)[C@H](O)[C@H](O)CO. The minimum absolute atomic E-state index is 0.141. The highest BCUT2D eigenvalue weighted by atomic mass is 16.4. The smallest absolute Gasteiger partial charge is 0.296 e. The Labute approximate surface area is 110 Å². The van der Waals surface area contributed by atoms with Crippen LogP contribution in [0, 0.1) is 0 Å². The van der Waals surface area contributed by atoms with E-state index in [-0.39, 0.29) is 17.7 Å². The van der Waals surface area contributed by atoms with Crippen LogP contribution in [0.5, 0.6) is 0 Å². The molecule has 0 heterocycles. The molecular formula is C10H23N2O7+. The number of amides is 1. The number of aliphatic hydroxyl groups excluding tert-OH is 6. The molecule has 0 aromatic heterocycles. The summed E-state index contributed by atoms with van der Waals surface area (Å²) in [6.07, 6.45) is -7.46. The van der Waals surface area contributed by atoms with Crippen LogP contribution in [0.3, 0.4) is 0 Å². The third kappa shape index (κ3) is 5.78. The van der Waals surface area contributed by atoms with Crippen molar-refractivity contribution in [2.45, 2.75) is 24.4 Å². The molecule has 7 N–H and O–H groups in total. The lowest BCUT2D eigenvalue weighted by molar-refractivity contribution is -0.925. The summed E-state index contributed by atoms with van der Waals surface area (Å²) in [6, 6.07) is 0. The van der Waals surface area contributed by atoms with Crippen LogP contribution in [0.1, 0.15) is 0 Å². The molecule has 0 radical (unpaired) electrons. The number of aliphatic hydroxyl groups is 6. The number of quaternary nitrogens is 1. The van der Waals surface area contributed by atoms with E-state index in [0.717, 1.165) is 0 Å². The van der Waals surface area contributed by atoms with Crippen molar-refractivity contribution in [2.24, 2.45) is 0 Å². The van der Waals surface area contributed by atoms with Gasteiger partial charge in [-0.05, 0) is 0 Å². The zero-order valence-corrected chi connectivity index (χ0v) is 11.0. The van der Waals surface area contributed by atoms with E-state index in [1.54, 1.807) is 14.1 Å².